The molecule has 2 heterocycles. The fraction of sp³-hybridized carbons (Fsp3) is 0.136. The number of aryl methyl sites for hydroxylation is 1. The topological polar surface area (TPSA) is 52.7 Å². The molecule has 0 saturated carbocycles. The fourth-order valence-electron chi connectivity index (χ4n) is 2.86. The predicted octanol–water partition coefficient (Wildman–Crippen LogP) is 5.59. The van der Waals surface area contributed by atoms with Crippen LogP contribution in [0.3, 0.4) is 0 Å². The number of fused-ring (bicyclic) bond motifs is 1. The second-order valence-electron chi connectivity index (χ2n) is 6.52. The SMILES string of the molecule is CNCc1c[nH]c2cc(Nc3ccc(F)cc3C)ncc12.Fc1cccc(S)c1. The summed E-state index contributed by atoms with van der Waals surface area (Å²) in [4.78, 5) is 8.33. The number of hydrogen-bond donors (Lipinski definition) is 4. The summed E-state index contributed by atoms with van der Waals surface area (Å²) in [5, 5.41) is 7.45. The molecule has 0 aliphatic carbocycles. The van der Waals surface area contributed by atoms with Gasteiger partial charge in [-0.3, -0.25) is 0 Å². The smallest absolute Gasteiger partial charge is 0.132 e. The molecule has 4 nitrogen and oxygen atoms in total. The number of pyridine rings is 1. The zero-order valence-electron chi connectivity index (χ0n) is 16.1. The van der Waals surface area contributed by atoms with Crippen molar-refractivity contribution in [2.75, 3.05) is 12.4 Å². The molecule has 0 unspecified atom stereocenters. The molecule has 3 N–H and O–H groups in total. The Morgan fingerprint density at radius 2 is 1.86 bits per heavy atom. The van der Waals surface area contributed by atoms with Gasteiger partial charge in [-0.15, -0.1) is 12.6 Å². The van der Waals surface area contributed by atoms with Crippen molar-refractivity contribution in [1.29, 1.82) is 0 Å². The lowest BCUT2D eigenvalue weighted by Crippen LogP contribution is -2.04. The quantitative estimate of drug-likeness (QED) is 0.331. The van der Waals surface area contributed by atoms with E-state index in [0.717, 1.165) is 34.5 Å². The summed E-state index contributed by atoms with van der Waals surface area (Å²) in [5.41, 5.74) is 3.91. The lowest BCUT2D eigenvalue weighted by molar-refractivity contribution is 0.624. The monoisotopic (exact) mass is 412 g/mol. The molecule has 0 radical (unpaired) electrons. The number of H-pyrrole nitrogens is 1. The van der Waals surface area contributed by atoms with Gasteiger partial charge in [-0.2, -0.15) is 0 Å². The van der Waals surface area contributed by atoms with Crippen molar-refractivity contribution < 1.29 is 8.78 Å². The van der Waals surface area contributed by atoms with E-state index in [-0.39, 0.29) is 11.6 Å². The largest absolute Gasteiger partial charge is 0.361 e. The second-order valence-corrected chi connectivity index (χ2v) is 7.04. The highest BCUT2D eigenvalue weighted by molar-refractivity contribution is 7.80. The Kier molecular flexibility index (Phi) is 6.85. The third-order valence-electron chi connectivity index (χ3n) is 4.28. The van der Waals surface area contributed by atoms with Crippen molar-refractivity contribution in [1.82, 2.24) is 15.3 Å². The van der Waals surface area contributed by atoms with Gasteiger partial charge in [-0.25, -0.2) is 13.8 Å². The second kappa shape index (κ2) is 9.54. The third kappa shape index (κ3) is 5.56. The normalized spacial score (nSPS) is 10.5. The molecule has 0 aliphatic rings. The Morgan fingerprint density at radius 3 is 2.52 bits per heavy atom. The highest BCUT2D eigenvalue weighted by Gasteiger charge is 2.06. The minimum atomic E-state index is -0.238. The number of nitrogens with one attached hydrogen (secondary N) is 3. The first kappa shape index (κ1) is 20.8. The maximum Gasteiger partial charge on any atom is 0.132 e. The third-order valence-corrected chi connectivity index (χ3v) is 4.56. The zero-order valence-corrected chi connectivity index (χ0v) is 17.0. The molecular weight excluding hydrogens is 390 g/mol. The number of anilines is 2. The van der Waals surface area contributed by atoms with E-state index in [1.54, 1.807) is 18.2 Å². The summed E-state index contributed by atoms with van der Waals surface area (Å²) in [5.74, 6) is 0.259. The molecule has 2 aromatic heterocycles. The van der Waals surface area contributed by atoms with E-state index in [2.05, 4.69) is 33.2 Å². The predicted molar refractivity (Wildman–Crippen MR) is 117 cm³/mol. The van der Waals surface area contributed by atoms with Gasteiger partial charge in [0, 0.05) is 41.0 Å². The van der Waals surface area contributed by atoms with Crippen molar-refractivity contribution >= 4 is 35.0 Å². The molecule has 0 bridgehead atoms. The molecule has 7 heteroatoms. The van der Waals surface area contributed by atoms with Gasteiger partial charge in [-0.05, 0) is 61.5 Å². The van der Waals surface area contributed by atoms with Gasteiger partial charge >= 0.3 is 0 Å². The van der Waals surface area contributed by atoms with E-state index in [1.807, 2.05) is 32.4 Å². The Hall–Kier alpha value is -2.90. The van der Waals surface area contributed by atoms with Gasteiger partial charge in [0.25, 0.3) is 0 Å². The lowest BCUT2D eigenvalue weighted by Gasteiger charge is -2.09. The fourth-order valence-corrected chi connectivity index (χ4v) is 3.07. The van der Waals surface area contributed by atoms with E-state index < -0.39 is 0 Å². The van der Waals surface area contributed by atoms with E-state index in [1.165, 1.54) is 29.8 Å². The minimum absolute atomic E-state index is 0.234. The molecule has 0 atom stereocenters. The van der Waals surface area contributed by atoms with Gasteiger partial charge in [0.05, 0.1) is 5.52 Å². The maximum absolute atomic E-state index is 13.1. The molecule has 150 valence electrons. The van der Waals surface area contributed by atoms with Crippen LogP contribution in [0.5, 0.6) is 0 Å². The van der Waals surface area contributed by atoms with E-state index in [9.17, 15) is 8.78 Å². The van der Waals surface area contributed by atoms with Crippen LogP contribution in [0.1, 0.15) is 11.1 Å². The summed E-state index contributed by atoms with van der Waals surface area (Å²) in [7, 11) is 1.92. The Balaban J connectivity index is 0.000000252. The van der Waals surface area contributed by atoms with Crippen LogP contribution in [0.25, 0.3) is 10.9 Å². The molecule has 29 heavy (non-hydrogen) atoms. The number of aromatic nitrogens is 2. The first-order valence-electron chi connectivity index (χ1n) is 9.04. The molecule has 2 aromatic carbocycles. The number of aromatic amines is 1. The average Bonchev–Trinajstić information content (AvgIpc) is 3.07. The Morgan fingerprint density at radius 1 is 1.07 bits per heavy atom. The zero-order chi connectivity index (χ0) is 20.8. The van der Waals surface area contributed by atoms with Gasteiger partial charge in [0.1, 0.15) is 17.5 Å². The molecule has 0 spiro atoms. The van der Waals surface area contributed by atoms with Crippen LogP contribution < -0.4 is 10.6 Å². The van der Waals surface area contributed by atoms with Crippen LogP contribution in [-0.4, -0.2) is 17.0 Å². The molecule has 0 saturated heterocycles. The van der Waals surface area contributed by atoms with Crippen LogP contribution in [0, 0.1) is 18.6 Å². The molecule has 0 amide bonds. The van der Waals surface area contributed by atoms with Crippen LogP contribution in [0.4, 0.5) is 20.3 Å². The van der Waals surface area contributed by atoms with Gasteiger partial charge < -0.3 is 15.6 Å². The maximum atomic E-state index is 13.1. The van der Waals surface area contributed by atoms with Gasteiger partial charge in [0.15, 0.2) is 0 Å². The van der Waals surface area contributed by atoms with Crippen LogP contribution in [-0.2, 0) is 6.54 Å². The minimum Gasteiger partial charge on any atom is -0.361 e. The molecule has 0 aliphatic heterocycles. The highest BCUT2D eigenvalue weighted by atomic mass is 32.1. The van der Waals surface area contributed by atoms with Crippen molar-refractivity contribution in [3.05, 3.63) is 83.7 Å². The summed E-state index contributed by atoms with van der Waals surface area (Å²) < 4.78 is 25.2. The summed E-state index contributed by atoms with van der Waals surface area (Å²) in [6.07, 6.45) is 3.83. The van der Waals surface area contributed by atoms with Crippen LogP contribution >= 0.6 is 12.6 Å². The van der Waals surface area contributed by atoms with Crippen molar-refractivity contribution in [3.63, 3.8) is 0 Å². The number of rotatable bonds is 4. The lowest BCUT2D eigenvalue weighted by atomic mass is 10.2. The van der Waals surface area contributed by atoms with Crippen molar-refractivity contribution in [3.8, 4) is 0 Å². The Bertz CT molecular complexity index is 1090. The van der Waals surface area contributed by atoms with Crippen LogP contribution in [0.2, 0.25) is 0 Å². The average molecular weight is 413 g/mol. The summed E-state index contributed by atoms with van der Waals surface area (Å²) in [6.45, 7) is 2.66. The Labute approximate surface area is 173 Å². The van der Waals surface area contributed by atoms with Crippen molar-refractivity contribution in [2.24, 2.45) is 0 Å². The molecular formula is C22H22F2N4S. The van der Waals surface area contributed by atoms with Gasteiger partial charge in [0.2, 0.25) is 0 Å². The number of benzene rings is 2. The first-order chi connectivity index (χ1) is 14.0. The standard InChI is InChI=1S/C16H17FN4.C6H5FS/c1-10-5-12(17)3-4-14(10)21-16-6-15-13(9-20-16)11(7-18-2)8-19-15;7-5-2-1-3-6(8)4-5/h3-6,8-9,18-19H,7H2,1-2H3,(H,20,21);1-4,8H. The molecule has 4 aromatic rings. The van der Waals surface area contributed by atoms with Gasteiger partial charge in [-0.1, -0.05) is 6.07 Å². The number of halogens is 2. The van der Waals surface area contributed by atoms with Crippen LogP contribution in [0.15, 0.2) is 65.8 Å². The van der Waals surface area contributed by atoms with E-state index in [4.69, 9.17) is 0 Å². The number of nitrogens with zero attached hydrogens (tertiary/aromatic N) is 1. The highest BCUT2D eigenvalue weighted by Crippen LogP contribution is 2.24. The van der Waals surface area contributed by atoms with E-state index >= 15 is 0 Å². The summed E-state index contributed by atoms with van der Waals surface area (Å²) in [6, 6.07) is 12.7. The summed E-state index contributed by atoms with van der Waals surface area (Å²) >= 11 is 3.91. The number of hydrogen-bond acceptors (Lipinski definition) is 4. The number of thiol groups is 1. The van der Waals surface area contributed by atoms with Crippen molar-refractivity contribution in [2.45, 2.75) is 18.4 Å². The molecule has 0 fully saturated rings. The van der Waals surface area contributed by atoms with E-state index in [0.29, 0.717) is 4.90 Å². The first-order valence-corrected chi connectivity index (χ1v) is 9.49. The molecule has 4 rings (SSSR count).